The number of hydrogen-bond donors (Lipinski definition) is 2. The monoisotopic (exact) mass is 542 g/mol. The molecule has 0 radical (unpaired) electrons. The summed E-state index contributed by atoms with van der Waals surface area (Å²) in [5, 5.41) is 2.71. The van der Waals surface area contributed by atoms with Gasteiger partial charge in [-0.05, 0) is 56.6 Å². The van der Waals surface area contributed by atoms with E-state index in [1.807, 2.05) is 19.9 Å². The molecule has 39 heavy (non-hydrogen) atoms. The van der Waals surface area contributed by atoms with Gasteiger partial charge >= 0.3 is 6.09 Å². The van der Waals surface area contributed by atoms with Crippen LogP contribution in [0.15, 0.2) is 70.7 Å². The van der Waals surface area contributed by atoms with E-state index in [-0.39, 0.29) is 29.4 Å². The first-order valence-corrected chi connectivity index (χ1v) is 13.0. The molecule has 2 bridgehead atoms. The molecule has 1 aliphatic carbocycles. The van der Waals surface area contributed by atoms with Crippen LogP contribution in [0.3, 0.4) is 0 Å². The average molecular weight is 543 g/mol. The van der Waals surface area contributed by atoms with Crippen molar-refractivity contribution in [2.75, 3.05) is 21.3 Å². The highest BCUT2D eigenvalue weighted by Crippen LogP contribution is 2.32. The van der Waals surface area contributed by atoms with E-state index in [4.69, 9.17) is 24.7 Å². The van der Waals surface area contributed by atoms with Gasteiger partial charge in [0.05, 0.1) is 18.9 Å². The molecule has 0 fully saturated rings. The fraction of sp³-hybridized carbons (Fsp3) is 0.500. The third kappa shape index (κ3) is 8.80. The highest BCUT2D eigenvalue weighted by atomic mass is 16.6. The molecule has 0 saturated heterocycles. The first-order chi connectivity index (χ1) is 18.4. The van der Waals surface area contributed by atoms with E-state index in [1.165, 1.54) is 20.3 Å². The normalized spacial score (nSPS) is 31.3. The smallest absolute Gasteiger partial charge is 0.405 e. The number of ether oxygens (including phenoxy) is 4. The van der Waals surface area contributed by atoms with Gasteiger partial charge in [-0.25, -0.2) is 4.79 Å². The molecule has 9 heteroatoms. The van der Waals surface area contributed by atoms with Crippen LogP contribution in [0.4, 0.5) is 4.79 Å². The summed E-state index contributed by atoms with van der Waals surface area (Å²) in [6.45, 7) is 11.6. The molecule has 0 saturated carbocycles. The van der Waals surface area contributed by atoms with Crippen molar-refractivity contribution in [1.82, 2.24) is 5.32 Å². The summed E-state index contributed by atoms with van der Waals surface area (Å²) < 4.78 is 22.3. The molecule has 5 atom stereocenters. The van der Waals surface area contributed by atoms with Crippen LogP contribution < -0.4 is 11.1 Å². The van der Waals surface area contributed by atoms with E-state index in [0.717, 1.165) is 5.57 Å². The van der Waals surface area contributed by atoms with Gasteiger partial charge in [0.1, 0.15) is 11.9 Å². The quantitative estimate of drug-likeness (QED) is 0.504. The lowest BCUT2D eigenvalue weighted by Crippen LogP contribution is -2.34. The molecule has 0 aromatic carbocycles. The number of Topliss-reactive ketones (excluding diaryl/α,β-unsaturated/α-hetero) is 1. The van der Waals surface area contributed by atoms with E-state index >= 15 is 0 Å². The van der Waals surface area contributed by atoms with Gasteiger partial charge in [-0.3, -0.25) is 9.59 Å². The van der Waals surface area contributed by atoms with Crippen LogP contribution in [0.5, 0.6) is 0 Å². The molecule has 0 aromatic rings. The minimum absolute atomic E-state index is 0.0657. The maximum Gasteiger partial charge on any atom is 0.405 e. The van der Waals surface area contributed by atoms with E-state index in [1.54, 1.807) is 32.3 Å². The van der Waals surface area contributed by atoms with Crippen LogP contribution in [-0.4, -0.2) is 57.4 Å². The Hall–Kier alpha value is -3.43. The van der Waals surface area contributed by atoms with Crippen molar-refractivity contribution in [3.63, 3.8) is 0 Å². The van der Waals surface area contributed by atoms with Gasteiger partial charge in [-0.2, -0.15) is 0 Å². The average Bonchev–Trinajstić information content (AvgIpc) is 2.87. The fourth-order valence-corrected chi connectivity index (χ4v) is 4.95. The van der Waals surface area contributed by atoms with E-state index in [2.05, 4.69) is 18.8 Å². The molecule has 3 N–H and O–H groups in total. The van der Waals surface area contributed by atoms with Crippen LogP contribution in [0, 0.1) is 11.8 Å². The highest BCUT2D eigenvalue weighted by Gasteiger charge is 2.30. The molecule has 3 unspecified atom stereocenters. The third-order valence-corrected chi connectivity index (χ3v) is 6.86. The molecule has 0 spiro atoms. The minimum Gasteiger partial charge on any atom is -0.496 e. The van der Waals surface area contributed by atoms with E-state index in [0.29, 0.717) is 41.7 Å². The number of carbonyl (C=O) groups excluding carboxylic acids is 3. The second kappa shape index (κ2) is 14.6. The number of carbonyl (C=O) groups is 3. The van der Waals surface area contributed by atoms with Gasteiger partial charge in [0, 0.05) is 30.9 Å². The van der Waals surface area contributed by atoms with Gasteiger partial charge in [0.2, 0.25) is 5.78 Å². The second-order valence-corrected chi connectivity index (χ2v) is 10.2. The number of amides is 2. The Morgan fingerprint density at radius 1 is 1.10 bits per heavy atom. The van der Waals surface area contributed by atoms with Gasteiger partial charge < -0.3 is 30.0 Å². The standard InChI is InChI=1S/C30H42N2O7/c1-17-12-20(4)28(39-30(31)35)25(37-7)11-9-10-19(3)29(34)32-24-16-21(5)27(38-8)23(26(24)33)15-18(2)14-22(13-17)36-6/h9-12,16-18,22,25,28H,5,13-15H2,1-4,6-8H3,(H2,31,35)(H,32,34)/b11-9-,19-10+,20-12+/t17-,18-,22?,25?,28?/m0/s1. The summed E-state index contributed by atoms with van der Waals surface area (Å²) in [6.07, 6.45) is 7.84. The zero-order valence-electron chi connectivity index (χ0n) is 24.0. The second-order valence-electron chi connectivity index (χ2n) is 10.2. The number of nitrogens with two attached hydrogens (primary N) is 1. The predicted molar refractivity (Wildman–Crippen MR) is 149 cm³/mol. The Bertz CT molecular complexity index is 1110. The molecular weight excluding hydrogens is 500 g/mol. The van der Waals surface area contributed by atoms with Gasteiger partial charge in [0.25, 0.3) is 5.91 Å². The Morgan fingerprint density at radius 2 is 1.79 bits per heavy atom. The highest BCUT2D eigenvalue weighted by molar-refractivity contribution is 6.13. The Morgan fingerprint density at radius 3 is 2.38 bits per heavy atom. The van der Waals surface area contributed by atoms with Crippen LogP contribution >= 0.6 is 0 Å². The third-order valence-electron chi connectivity index (χ3n) is 6.86. The van der Waals surface area contributed by atoms with Crippen molar-refractivity contribution < 1.29 is 33.3 Å². The lowest BCUT2D eigenvalue weighted by atomic mass is 9.86. The maximum atomic E-state index is 13.4. The van der Waals surface area contributed by atoms with Crippen LogP contribution in [0.25, 0.3) is 0 Å². The molecule has 2 rings (SSSR count). The van der Waals surface area contributed by atoms with Crippen molar-refractivity contribution in [1.29, 1.82) is 0 Å². The SMILES string of the molecule is C=C1C=C2NC(=O)/C(C)=C/C=C\C(OC)C(OC(N)=O)/C(C)=C/[C@H](C)CC(OC)C[C@H](C)CC(=C1OC)C2=O. The summed E-state index contributed by atoms with van der Waals surface area (Å²) in [7, 11) is 4.67. The lowest BCUT2D eigenvalue weighted by Gasteiger charge is -2.26. The number of primary amides is 1. The number of methoxy groups -OCH3 is 3. The molecule has 1 aliphatic heterocycles. The minimum atomic E-state index is -0.917. The molecule has 1 heterocycles. The zero-order valence-corrected chi connectivity index (χ0v) is 24.0. The van der Waals surface area contributed by atoms with Crippen LogP contribution in [0.2, 0.25) is 0 Å². The number of allylic oxidation sites excluding steroid dienone is 5. The molecular formula is C30H42N2O7. The predicted octanol–water partition coefficient (Wildman–Crippen LogP) is 4.42. The van der Waals surface area contributed by atoms with Crippen molar-refractivity contribution in [2.24, 2.45) is 17.6 Å². The number of fused-ring (bicyclic) bond motifs is 2. The number of ketones is 1. The van der Waals surface area contributed by atoms with E-state index in [9.17, 15) is 14.4 Å². The zero-order chi connectivity index (χ0) is 29.3. The molecule has 9 nitrogen and oxygen atoms in total. The van der Waals surface area contributed by atoms with Crippen molar-refractivity contribution in [2.45, 2.75) is 65.3 Å². The van der Waals surface area contributed by atoms with Crippen molar-refractivity contribution >= 4 is 17.8 Å². The fourth-order valence-electron chi connectivity index (χ4n) is 4.95. The Balaban J connectivity index is 2.55. The van der Waals surface area contributed by atoms with Crippen molar-refractivity contribution in [3.05, 3.63) is 70.7 Å². The Kier molecular flexibility index (Phi) is 11.9. The topological polar surface area (TPSA) is 126 Å². The lowest BCUT2D eigenvalue weighted by molar-refractivity contribution is -0.119. The van der Waals surface area contributed by atoms with E-state index < -0.39 is 24.2 Å². The van der Waals surface area contributed by atoms with Gasteiger partial charge in [-0.1, -0.05) is 44.7 Å². The molecule has 214 valence electrons. The maximum absolute atomic E-state index is 13.4. The first kappa shape index (κ1) is 31.8. The number of hydrogen-bond acceptors (Lipinski definition) is 7. The van der Waals surface area contributed by atoms with Crippen molar-refractivity contribution in [3.8, 4) is 0 Å². The summed E-state index contributed by atoms with van der Waals surface area (Å²) in [4.78, 5) is 38.0. The summed E-state index contributed by atoms with van der Waals surface area (Å²) in [5.74, 6) is -0.171. The summed E-state index contributed by atoms with van der Waals surface area (Å²) >= 11 is 0. The summed E-state index contributed by atoms with van der Waals surface area (Å²) in [5.41, 5.74) is 7.62. The van der Waals surface area contributed by atoms with Crippen LogP contribution in [-0.2, 0) is 28.5 Å². The number of rotatable bonds is 4. The largest absolute Gasteiger partial charge is 0.496 e. The molecule has 2 amide bonds. The number of nitrogens with one attached hydrogen (secondary N) is 1. The van der Waals surface area contributed by atoms with Gasteiger partial charge in [-0.15, -0.1) is 0 Å². The first-order valence-electron chi connectivity index (χ1n) is 13.0. The van der Waals surface area contributed by atoms with Crippen LogP contribution in [0.1, 0.15) is 47.0 Å². The molecule has 0 aromatic heterocycles. The Labute approximate surface area is 231 Å². The van der Waals surface area contributed by atoms with Gasteiger partial charge in [0.15, 0.2) is 6.10 Å². The summed E-state index contributed by atoms with van der Waals surface area (Å²) in [6, 6.07) is 0. The molecule has 2 aliphatic rings.